The Morgan fingerprint density at radius 1 is 1.61 bits per heavy atom. The van der Waals surface area contributed by atoms with E-state index in [1.807, 2.05) is 13.8 Å². The van der Waals surface area contributed by atoms with E-state index < -0.39 is 0 Å². The molecule has 1 heterocycles. The first kappa shape index (κ1) is 13.5. The summed E-state index contributed by atoms with van der Waals surface area (Å²) < 4.78 is 1.97. The van der Waals surface area contributed by atoms with Crippen molar-refractivity contribution in [1.29, 1.82) is 0 Å². The number of halogens is 1. The summed E-state index contributed by atoms with van der Waals surface area (Å²) in [5.41, 5.74) is 0.599. The van der Waals surface area contributed by atoms with E-state index in [0.29, 0.717) is 10.4 Å². The lowest BCUT2D eigenvalue weighted by molar-refractivity contribution is 0.0487. The lowest BCUT2D eigenvalue weighted by Gasteiger charge is -2.31. The van der Waals surface area contributed by atoms with E-state index in [9.17, 15) is 9.90 Å². The van der Waals surface area contributed by atoms with Gasteiger partial charge in [-0.15, -0.1) is 0 Å². The van der Waals surface area contributed by atoms with E-state index in [4.69, 9.17) is 0 Å². The normalized spacial score (nSPS) is 22.9. The monoisotopic (exact) mass is 315 g/mol. The second-order valence-electron chi connectivity index (χ2n) is 5.09. The van der Waals surface area contributed by atoms with Crippen LogP contribution in [0.25, 0.3) is 0 Å². The molecule has 0 saturated heterocycles. The predicted octanol–water partition coefficient (Wildman–Crippen LogP) is 1.77. The molecule has 0 atom stereocenters. The first-order valence-electron chi connectivity index (χ1n) is 6.18. The smallest absolute Gasteiger partial charge is 0.283 e. The van der Waals surface area contributed by atoms with Gasteiger partial charge in [0.1, 0.15) is 4.47 Å². The number of aliphatic hydroxyl groups excluding tert-OH is 1. The minimum atomic E-state index is -0.146. The quantitative estimate of drug-likeness (QED) is 0.888. The van der Waals surface area contributed by atoms with E-state index in [0.717, 1.165) is 25.1 Å². The Morgan fingerprint density at radius 2 is 2.28 bits per heavy atom. The van der Waals surface area contributed by atoms with E-state index in [2.05, 4.69) is 26.3 Å². The van der Waals surface area contributed by atoms with Crippen LogP contribution in [0.3, 0.4) is 0 Å². The first-order valence-corrected chi connectivity index (χ1v) is 6.97. The molecule has 5 nitrogen and oxygen atoms in total. The summed E-state index contributed by atoms with van der Waals surface area (Å²) in [4.78, 5) is 12.0. The summed E-state index contributed by atoms with van der Waals surface area (Å²) in [5.74, 6) is 0.486. The minimum Gasteiger partial charge on any atom is -0.393 e. The summed E-state index contributed by atoms with van der Waals surface area (Å²) in [6.07, 6.45) is 3.19. The molecule has 1 aromatic rings. The van der Waals surface area contributed by atoms with Crippen LogP contribution < -0.4 is 10.9 Å². The predicted molar refractivity (Wildman–Crippen MR) is 73.8 cm³/mol. The van der Waals surface area contributed by atoms with Gasteiger partial charge in [-0.2, -0.15) is 5.10 Å². The maximum Gasteiger partial charge on any atom is 0.283 e. The van der Waals surface area contributed by atoms with Crippen molar-refractivity contribution >= 4 is 21.6 Å². The number of nitrogens with zero attached hydrogens (tertiary/aromatic N) is 2. The van der Waals surface area contributed by atoms with Crippen molar-refractivity contribution in [3.05, 3.63) is 21.0 Å². The average molecular weight is 316 g/mol. The third kappa shape index (κ3) is 2.75. The molecule has 0 aliphatic heterocycles. The largest absolute Gasteiger partial charge is 0.393 e. The van der Waals surface area contributed by atoms with Gasteiger partial charge in [-0.3, -0.25) is 4.79 Å². The van der Waals surface area contributed by atoms with Crippen molar-refractivity contribution in [2.75, 3.05) is 11.9 Å². The Bertz CT molecular complexity index is 481. The molecular formula is C12H18BrN3O2. The minimum absolute atomic E-state index is 0.0460. The average Bonchev–Trinajstić information content (AvgIpc) is 2.27. The van der Waals surface area contributed by atoms with Crippen LogP contribution in [0.1, 0.15) is 32.7 Å². The van der Waals surface area contributed by atoms with Crippen LogP contribution in [0.5, 0.6) is 0 Å². The molecule has 0 radical (unpaired) electrons. The van der Waals surface area contributed by atoms with Crippen LogP contribution in [-0.2, 0) is 0 Å². The van der Waals surface area contributed by atoms with E-state index >= 15 is 0 Å². The number of nitrogens with one attached hydrogen (secondary N) is 1. The van der Waals surface area contributed by atoms with Gasteiger partial charge in [0.25, 0.3) is 5.56 Å². The van der Waals surface area contributed by atoms with Gasteiger partial charge in [0, 0.05) is 6.54 Å². The Hall–Kier alpha value is -0.880. The summed E-state index contributed by atoms with van der Waals surface area (Å²) in [5, 5.41) is 16.6. The Balaban J connectivity index is 2.05. The van der Waals surface area contributed by atoms with Gasteiger partial charge in [0.05, 0.1) is 24.0 Å². The molecule has 2 N–H and O–H groups in total. The molecule has 1 aliphatic rings. The third-order valence-corrected chi connectivity index (χ3v) is 3.99. The summed E-state index contributed by atoms with van der Waals surface area (Å²) in [7, 11) is 0. The van der Waals surface area contributed by atoms with Gasteiger partial charge < -0.3 is 10.4 Å². The molecule has 0 bridgehead atoms. The molecule has 2 rings (SSSR count). The van der Waals surface area contributed by atoms with Crippen molar-refractivity contribution in [2.24, 2.45) is 5.92 Å². The molecule has 6 heteroatoms. The fourth-order valence-electron chi connectivity index (χ4n) is 2.06. The van der Waals surface area contributed by atoms with E-state index in [-0.39, 0.29) is 17.7 Å². The van der Waals surface area contributed by atoms with Crippen molar-refractivity contribution in [2.45, 2.75) is 38.8 Å². The van der Waals surface area contributed by atoms with Gasteiger partial charge in [0.2, 0.25) is 0 Å². The number of hydrogen-bond acceptors (Lipinski definition) is 4. The number of aromatic nitrogens is 2. The van der Waals surface area contributed by atoms with Crippen LogP contribution in [0, 0.1) is 5.92 Å². The highest BCUT2D eigenvalue weighted by atomic mass is 79.9. The number of rotatable bonds is 4. The molecule has 100 valence electrons. The highest BCUT2D eigenvalue weighted by Gasteiger charge is 2.26. The highest BCUT2D eigenvalue weighted by Crippen LogP contribution is 2.28. The van der Waals surface area contributed by atoms with Crippen LogP contribution >= 0.6 is 15.9 Å². The van der Waals surface area contributed by atoms with Gasteiger partial charge in [-0.25, -0.2) is 4.68 Å². The standard InChI is InChI=1S/C12H18BrN3O2/c1-7(2)16-12(18)11(13)10(6-15-16)14-5-8-3-9(17)4-8/h6-9,14,17H,3-5H2,1-2H3. The van der Waals surface area contributed by atoms with Crippen LogP contribution in [-0.4, -0.2) is 27.5 Å². The number of hydrogen-bond donors (Lipinski definition) is 2. The maximum absolute atomic E-state index is 12.0. The van der Waals surface area contributed by atoms with Crippen molar-refractivity contribution in [3.8, 4) is 0 Å². The molecule has 1 aromatic heterocycles. The van der Waals surface area contributed by atoms with Crippen molar-refractivity contribution in [1.82, 2.24) is 9.78 Å². The van der Waals surface area contributed by atoms with Crippen molar-refractivity contribution < 1.29 is 5.11 Å². The van der Waals surface area contributed by atoms with Crippen molar-refractivity contribution in [3.63, 3.8) is 0 Å². The number of aliphatic hydroxyl groups is 1. The SMILES string of the molecule is CC(C)n1ncc(NCC2CC(O)C2)c(Br)c1=O. The molecule has 1 aliphatic carbocycles. The van der Waals surface area contributed by atoms with E-state index in [1.165, 1.54) is 4.68 Å². The fourth-order valence-corrected chi connectivity index (χ4v) is 2.48. The van der Waals surface area contributed by atoms with E-state index in [1.54, 1.807) is 6.20 Å². The van der Waals surface area contributed by atoms with Crippen LogP contribution in [0.15, 0.2) is 15.5 Å². The lowest BCUT2D eigenvalue weighted by Crippen LogP contribution is -2.34. The van der Waals surface area contributed by atoms with Gasteiger partial charge in [0.15, 0.2) is 0 Å². The highest BCUT2D eigenvalue weighted by molar-refractivity contribution is 9.10. The zero-order valence-corrected chi connectivity index (χ0v) is 12.1. The van der Waals surface area contributed by atoms with Gasteiger partial charge in [-0.05, 0) is 48.5 Å². The fraction of sp³-hybridized carbons (Fsp3) is 0.667. The second kappa shape index (κ2) is 5.40. The summed E-state index contributed by atoms with van der Waals surface area (Å²) >= 11 is 3.32. The Morgan fingerprint density at radius 3 is 2.83 bits per heavy atom. The molecule has 18 heavy (non-hydrogen) atoms. The number of anilines is 1. The van der Waals surface area contributed by atoms with Gasteiger partial charge in [-0.1, -0.05) is 0 Å². The molecule has 0 amide bonds. The molecule has 1 fully saturated rings. The van der Waals surface area contributed by atoms with Crippen LogP contribution in [0.2, 0.25) is 0 Å². The maximum atomic E-state index is 12.0. The molecule has 0 aromatic carbocycles. The summed E-state index contributed by atoms with van der Waals surface area (Å²) in [6, 6.07) is 0.0460. The lowest BCUT2D eigenvalue weighted by atomic mass is 9.82. The molecule has 1 saturated carbocycles. The molecule has 0 unspecified atom stereocenters. The zero-order chi connectivity index (χ0) is 13.3. The first-order chi connectivity index (χ1) is 8.49. The third-order valence-electron chi connectivity index (χ3n) is 3.22. The molecular weight excluding hydrogens is 298 g/mol. The van der Waals surface area contributed by atoms with Gasteiger partial charge >= 0.3 is 0 Å². The van der Waals surface area contributed by atoms with Crippen LogP contribution in [0.4, 0.5) is 5.69 Å². The topological polar surface area (TPSA) is 67.2 Å². The Kier molecular flexibility index (Phi) is 4.07. The zero-order valence-electron chi connectivity index (χ0n) is 10.6. The summed E-state index contributed by atoms with van der Waals surface area (Å²) in [6.45, 7) is 4.61. The second-order valence-corrected chi connectivity index (χ2v) is 5.88. The molecule has 0 spiro atoms. The Labute approximate surface area is 114 Å².